The molecule has 0 aliphatic rings. The van der Waals surface area contributed by atoms with Gasteiger partial charge in [0.2, 0.25) is 17.7 Å². The fourth-order valence-electron chi connectivity index (χ4n) is 4.54. The lowest BCUT2D eigenvalue weighted by molar-refractivity contribution is -0.132. The van der Waals surface area contributed by atoms with Crippen LogP contribution in [0, 0.1) is 5.92 Å². The Balaban J connectivity index is 1.69. The number of rotatable bonds is 15. The van der Waals surface area contributed by atoms with Gasteiger partial charge < -0.3 is 31.0 Å². The van der Waals surface area contributed by atoms with E-state index in [1.54, 1.807) is 7.05 Å². The van der Waals surface area contributed by atoms with E-state index in [0.29, 0.717) is 19.1 Å². The zero-order chi connectivity index (χ0) is 28.2. The smallest absolute Gasteiger partial charge is 0.244 e. The molecule has 0 saturated carbocycles. The molecule has 3 amide bonds. The second-order valence-corrected chi connectivity index (χ2v) is 10.2. The van der Waals surface area contributed by atoms with Crippen LogP contribution in [0.3, 0.4) is 0 Å². The average molecular weight is 534 g/mol. The maximum absolute atomic E-state index is 13.4. The average Bonchev–Trinajstić information content (AvgIpc) is 3.34. The van der Waals surface area contributed by atoms with Gasteiger partial charge in [0.15, 0.2) is 0 Å². The maximum atomic E-state index is 13.4. The highest BCUT2D eigenvalue weighted by Crippen LogP contribution is 2.19. The van der Waals surface area contributed by atoms with Crippen LogP contribution in [0.1, 0.15) is 37.8 Å². The van der Waals surface area contributed by atoms with Gasteiger partial charge in [0.25, 0.3) is 0 Å². The van der Waals surface area contributed by atoms with Gasteiger partial charge in [-0.05, 0) is 43.0 Å². The summed E-state index contributed by atoms with van der Waals surface area (Å²) in [7, 11) is 1.67. The summed E-state index contributed by atoms with van der Waals surface area (Å²) in [4.78, 5) is 54.0. The summed E-state index contributed by atoms with van der Waals surface area (Å²) in [6.07, 6.45) is 4.10. The van der Waals surface area contributed by atoms with Gasteiger partial charge >= 0.3 is 0 Å². The van der Waals surface area contributed by atoms with E-state index in [9.17, 15) is 19.2 Å². The molecule has 208 valence electrons. The van der Waals surface area contributed by atoms with E-state index < -0.39 is 29.9 Å². The van der Waals surface area contributed by atoms with E-state index >= 15 is 0 Å². The summed E-state index contributed by atoms with van der Waals surface area (Å²) >= 11 is 0. The second-order valence-electron chi connectivity index (χ2n) is 10.2. The van der Waals surface area contributed by atoms with Crippen LogP contribution in [-0.4, -0.2) is 60.7 Å². The topological polar surface area (TPSA) is 132 Å². The Morgan fingerprint density at radius 3 is 2.28 bits per heavy atom. The van der Waals surface area contributed by atoms with Crippen LogP contribution in [0.25, 0.3) is 10.9 Å². The van der Waals surface area contributed by atoms with Gasteiger partial charge in [-0.15, -0.1) is 0 Å². The second kappa shape index (κ2) is 14.8. The van der Waals surface area contributed by atoms with Gasteiger partial charge in [0, 0.05) is 36.5 Å². The first-order valence-corrected chi connectivity index (χ1v) is 13.4. The van der Waals surface area contributed by atoms with Crippen LogP contribution in [0.2, 0.25) is 0 Å². The molecule has 39 heavy (non-hydrogen) atoms. The number of para-hydroxylation sites is 1. The molecule has 0 saturated heterocycles. The fraction of sp³-hybridized carbons (Fsp3) is 0.400. The molecule has 0 radical (unpaired) electrons. The molecule has 1 heterocycles. The monoisotopic (exact) mass is 533 g/mol. The number of H-pyrrole nitrogens is 1. The first-order valence-electron chi connectivity index (χ1n) is 13.4. The molecule has 9 nitrogen and oxygen atoms in total. The van der Waals surface area contributed by atoms with Crippen molar-refractivity contribution in [3.8, 4) is 0 Å². The number of carbonyl (C=O) groups is 4. The minimum absolute atomic E-state index is 0.164. The quantitative estimate of drug-likeness (QED) is 0.191. The van der Waals surface area contributed by atoms with E-state index in [1.165, 1.54) is 0 Å². The third kappa shape index (κ3) is 9.07. The van der Waals surface area contributed by atoms with Gasteiger partial charge in [-0.2, -0.15) is 0 Å². The number of benzene rings is 2. The van der Waals surface area contributed by atoms with Gasteiger partial charge in [-0.1, -0.05) is 62.4 Å². The molecular weight excluding hydrogens is 494 g/mol. The van der Waals surface area contributed by atoms with E-state index in [-0.39, 0.29) is 31.2 Å². The van der Waals surface area contributed by atoms with Crippen molar-refractivity contribution < 1.29 is 19.2 Å². The number of aromatic amines is 1. The van der Waals surface area contributed by atoms with E-state index in [2.05, 4.69) is 26.3 Å². The zero-order valence-corrected chi connectivity index (χ0v) is 22.8. The molecular formula is C30H39N5O4. The highest BCUT2D eigenvalue weighted by molar-refractivity contribution is 5.93. The number of hydrogen-bond acceptors (Lipinski definition) is 5. The number of amides is 3. The van der Waals surface area contributed by atoms with Crippen molar-refractivity contribution >= 4 is 34.9 Å². The highest BCUT2D eigenvalue weighted by Gasteiger charge is 2.28. The Morgan fingerprint density at radius 2 is 1.59 bits per heavy atom. The minimum Gasteiger partial charge on any atom is -0.361 e. The normalized spacial score (nSPS) is 13.4. The molecule has 0 fully saturated rings. The van der Waals surface area contributed by atoms with Crippen molar-refractivity contribution in [2.75, 3.05) is 13.6 Å². The number of aromatic nitrogens is 1. The predicted molar refractivity (Wildman–Crippen MR) is 152 cm³/mol. The lowest BCUT2D eigenvalue weighted by Crippen LogP contribution is -2.58. The van der Waals surface area contributed by atoms with Crippen molar-refractivity contribution in [3.05, 3.63) is 71.9 Å². The van der Waals surface area contributed by atoms with Crippen LogP contribution in [0.15, 0.2) is 60.8 Å². The number of hydrogen-bond donors (Lipinski definition) is 5. The molecule has 2 aromatic carbocycles. The lowest BCUT2D eigenvalue weighted by Gasteiger charge is -2.24. The van der Waals surface area contributed by atoms with E-state index in [4.69, 9.17) is 0 Å². The van der Waals surface area contributed by atoms with Crippen LogP contribution >= 0.6 is 0 Å². The Kier molecular flexibility index (Phi) is 11.2. The van der Waals surface area contributed by atoms with Crippen molar-refractivity contribution in [2.24, 2.45) is 5.92 Å². The molecule has 3 aromatic rings. The summed E-state index contributed by atoms with van der Waals surface area (Å²) in [5.41, 5.74) is 2.91. The molecule has 0 spiro atoms. The molecule has 0 aliphatic carbocycles. The highest BCUT2D eigenvalue weighted by atomic mass is 16.2. The standard InChI is InChI=1S/C30H39N5O4/c1-20(2)15-23(19-36)33-30(39)27(18-31-3)35-29(38)26(16-21-9-5-4-6-10-21)34-28(37)14-13-22-17-32-25-12-8-7-11-24(22)25/h4-12,17,19-20,23,26-27,31-32H,13-16,18H2,1-3H3,(H,33,39)(H,34,37)(H,35,38). The van der Waals surface area contributed by atoms with E-state index in [1.807, 2.05) is 74.6 Å². The van der Waals surface area contributed by atoms with Crippen LogP contribution < -0.4 is 21.3 Å². The number of aldehydes is 1. The third-order valence-electron chi connectivity index (χ3n) is 6.49. The molecule has 0 aliphatic heterocycles. The Morgan fingerprint density at radius 1 is 0.897 bits per heavy atom. The first-order chi connectivity index (χ1) is 18.8. The lowest BCUT2D eigenvalue weighted by atomic mass is 10.0. The molecule has 3 unspecified atom stereocenters. The largest absolute Gasteiger partial charge is 0.361 e. The minimum atomic E-state index is -0.918. The molecule has 3 rings (SSSR count). The summed E-state index contributed by atoms with van der Waals surface area (Å²) < 4.78 is 0. The number of nitrogens with one attached hydrogen (secondary N) is 5. The van der Waals surface area contributed by atoms with Crippen molar-refractivity contribution in [1.29, 1.82) is 0 Å². The summed E-state index contributed by atoms with van der Waals surface area (Å²) in [5, 5.41) is 12.3. The molecule has 1 aromatic heterocycles. The van der Waals surface area contributed by atoms with Crippen molar-refractivity contribution in [2.45, 2.75) is 57.7 Å². The third-order valence-corrected chi connectivity index (χ3v) is 6.49. The van der Waals surface area contributed by atoms with Gasteiger partial charge in [0.1, 0.15) is 18.4 Å². The fourth-order valence-corrected chi connectivity index (χ4v) is 4.54. The maximum Gasteiger partial charge on any atom is 0.244 e. The van der Waals surface area contributed by atoms with Gasteiger partial charge in [-0.25, -0.2) is 0 Å². The Bertz CT molecular complexity index is 1240. The molecule has 3 atom stereocenters. The Hall–Kier alpha value is -3.98. The Labute approximate surface area is 229 Å². The summed E-state index contributed by atoms with van der Waals surface area (Å²) in [6, 6.07) is 14.9. The molecule has 0 bridgehead atoms. The van der Waals surface area contributed by atoms with Gasteiger partial charge in [-0.3, -0.25) is 14.4 Å². The number of carbonyl (C=O) groups excluding carboxylic acids is 4. The summed E-state index contributed by atoms with van der Waals surface area (Å²) in [6.45, 7) is 4.09. The number of likely N-dealkylation sites (N-methyl/N-ethyl adjacent to an activating group) is 1. The first kappa shape index (κ1) is 29.6. The molecule has 5 N–H and O–H groups in total. The van der Waals surface area contributed by atoms with Crippen molar-refractivity contribution in [3.63, 3.8) is 0 Å². The van der Waals surface area contributed by atoms with Crippen LogP contribution in [-0.2, 0) is 32.0 Å². The van der Waals surface area contributed by atoms with Crippen LogP contribution in [0.5, 0.6) is 0 Å². The number of aryl methyl sites for hydroxylation is 1. The SMILES string of the molecule is CNCC(NC(=O)C(Cc1ccccc1)NC(=O)CCc1c[nH]c2ccccc12)C(=O)NC(C=O)CC(C)C. The number of fused-ring (bicyclic) bond motifs is 1. The zero-order valence-electron chi connectivity index (χ0n) is 22.8. The van der Waals surface area contributed by atoms with E-state index in [0.717, 1.165) is 22.0 Å². The molecule has 9 heteroatoms. The predicted octanol–water partition coefficient (Wildman–Crippen LogP) is 2.26. The van der Waals surface area contributed by atoms with Crippen LogP contribution in [0.4, 0.5) is 0 Å². The summed E-state index contributed by atoms with van der Waals surface area (Å²) in [5.74, 6) is -0.975. The van der Waals surface area contributed by atoms with Gasteiger partial charge in [0.05, 0.1) is 6.04 Å². The van der Waals surface area contributed by atoms with Crippen molar-refractivity contribution in [1.82, 2.24) is 26.3 Å².